The standard InChI is InChI=1S/C23H31NO5/c1-14-12-16(3)17(13-15(14)2)18-19(28-21(26)22(4,5)6)23(29-20(18)25)8-10-24(27-7)11-9-23/h12-13H,8-11H2,1-7H3. The van der Waals surface area contributed by atoms with Crippen LogP contribution in [-0.2, 0) is 23.9 Å². The molecule has 1 aromatic rings. The Morgan fingerprint density at radius 3 is 2.21 bits per heavy atom. The summed E-state index contributed by atoms with van der Waals surface area (Å²) < 4.78 is 11.9. The van der Waals surface area contributed by atoms with Crippen molar-refractivity contribution in [3.8, 4) is 0 Å². The Bertz CT molecular complexity index is 870. The fourth-order valence-electron chi connectivity index (χ4n) is 3.81. The smallest absolute Gasteiger partial charge is 0.343 e. The predicted molar refractivity (Wildman–Crippen MR) is 110 cm³/mol. The lowest BCUT2D eigenvalue weighted by molar-refractivity contribution is -0.186. The van der Waals surface area contributed by atoms with Crippen LogP contribution in [0.4, 0.5) is 0 Å². The van der Waals surface area contributed by atoms with Gasteiger partial charge in [-0.05, 0) is 63.8 Å². The number of nitrogens with zero attached hydrogens (tertiary/aromatic N) is 1. The number of hydrogen-bond donors (Lipinski definition) is 0. The lowest BCUT2D eigenvalue weighted by Crippen LogP contribution is -2.46. The first-order valence-electron chi connectivity index (χ1n) is 10.1. The summed E-state index contributed by atoms with van der Waals surface area (Å²) in [5.41, 5.74) is 2.67. The van der Waals surface area contributed by atoms with Gasteiger partial charge in [0.2, 0.25) is 0 Å². The highest BCUT2D eigenvalue weighted by Gasteiger charge is 2.53. The van der Waals surface area contributed by atoms with E-state index in [1.165, 1.54) is 0 Å². The first kappa shape index (κ1) is 21.5. The van der Waals surface area contributed by atoms with E-state index in [0.29, 0.717) is 37.3 Å². The summed E-state index contributed by atoms with van der Waals surface area (Å²) in [6.45, 7) is 12.6. The number of hydrogen-bond acceptors (Lipinski definition) is 6. The summed E-state index contributed by atoms with van der Waals surface area (Å²) >= 11 is 0. The van der Waals surface area contributed by atoms with Gasteiger partial charge >= 0.3 is 11.9 Å². The number of benzene rings is 1. The van der Waals surface area contributed by atoms with Crippen LogP contribution in [0.15, 0.2) is 17.9 Å². The minimum absolute atomic E-state index is 0.351. The lowest BCUT2D eigenvalue weighted by Gasteiger charge is -2.38. The number of carbonyl (C=O) groups excluding carboxylic acids is 2. The summed E-state index contributed by atoms with van der Waals surface area (Å²) in [6, 6.07) is 4.03. The normalized spacial score (nSPS) is 19.6. The first-order valence-corrected chi connectivity index (χ1v) is 10.1. The van der Waals surface area contributed by atoms with E-state index >= 15 is 0 Å². The topological polar surface area (TPSA) is 65.1 Å². The molecule has 0 saturated carbocycles. The van der Waals surface area contributed by atoms with Gasteiger partial charge < -0.3 is 14.3 Å². The highest BCUT2D eigenvalue weighted by Crippen LogP contribution is 2.46. The Balaban J connectivity index is 2.15. The Hall–Kier alpha value is -2.18. The van der Waals surface area contributed by atoms with Crippen molar-refractivity contribution in [3.05, 3.63) is 40.1 Å². The lowest BCUT2D eigenvalue weighted by atomic mass is 9.86. The Labute approximate surface area is 172 Å². The molecular formula is C23H31NO5. The molecule has 0 radical (unpaired) electrons. The molecule has 1 spiro atoms. The van der Waals surface area contributed by atoms with Gasteiger partial charge in [-0.2, -0.15) is 5.06 Å². The monoisotopic (exact) mass is 401 g/mol. The third kappa shape index (κ3) is 3.96. The average molecular weight is 402 g/mol. The second-order valence-corrected chi connectivity index (χ2v) is 9.09. The van der Waals surface area contributed by atoms with Crippen molar-refractivity contribution >= 4 is 17.5 Å². The molecule has 6 heteroatoms. The van der Waals surface area contributed by atoms with Crippen LogP contribution in [0, 0.1) is 26.2 Å². The van der Waals surface area contributed by atoms with Crippen molar-refractivity contribution < 1.29 is 23.9 Å². The van der Waals surface area contributed by atoms with Gasteiger partial charge in [0.05, 0.1) is 12.5 Å². The number of piperidine rings is 1. The zero-order valence-corrected chi connectivity index (χ0v) is 18.5. The van der Waals surface area contributed by atoms with Crippen molar-refractivity contribution in [2.75, 3.05) is 20.2 Å². The third-order valence-corrected chi connectivity index (χ3v) is 5.84. The van der Waals surface area contributed by atoms with Crippen LogP contribution in [-0.4, -0.2) is 42.8 Å². The number of aryl methyl sites for hydroxylation is 3. The van der Waals surface area contributed by atoms with E-state index in [2.05, 4.69) is 0 Å². The molecule has 2 heterocycles. The second kappa shape index (κ2) is 7.58. The number of esters is 2. The molecular weight excluding hydrogens is 370 g/mol. The minimum atomic E-state index is -0.937. The zero-order valence-electron chi connectivity index (χ0n) is 18.5. The molecule has 0 unspecified atom stereocenters. The zero-order chi connectivity index (χ0) is 21.6. The molecule has 0 aliphatic carbocycles. The SMILES string of the molecule is CON1CCC2(CC1)OC(=O)C(c1cc(C)c(C)cc1C)=C2OC(=O)C(C)(C)C. The van der Waals surface area contributed by atoms with Crippen molar-refractivity contribution in [1.82, 2.24) is 5.06 Å². The van der Waals surface area contributed by atoms with E-state index < -0.39 is 17.0 Å². The summed E-state index contributed by atoms with van der Waals surface area (Å²) in [5.74, 6) is -0.457. The maximum absolute atomic E-state index is 13.1. The van der Waals surface area contributed by atoms with Crippen LogP contribution in [0.5, 0.6) is 0 Å². The van der Waals surface area contributed by atoms with Gasteiger partial charge in [0.25, 0.3) is 0 Å². The van der Waals surface area contributed by atoms with Crippen molar-refractivity contribution in [3.63, 3.8) is 0 Å². The summed E-state index contributed by atoms with van der Waals surface area (Å²) in [5, 5.41) is 1.82. The maximum atomic E-state index is 13.1. The highest BCUT2D eigenvalue weighted by atomic mass is 16.7. The molecule has 0 atom stereocenters. The molecule has 3 rings (SSSR count). The van der Waals surface area contributed by atoms with E-state index in [1.54, 1.807) is 27.9 Å². The maximum Gasteiger partial charge on any atom is 0.343 e. The summed E-state index contributed by atoms with van der Waals surface area (Å²) in [6.07, 6.45) is 1.01. The van der Waals surface area contributed by atoms with Gasteiger partial charge in [-0.3, -0.25) is 4.79 Å². The van der Waals surface area contributed by atoms with Crippen LogP contribution < -0.4 is 0 Å². The van der Waals surface area contributed by atoms with E-state index in [4.69, 9.17) is 14.3 Å². The van der Waals surface area contributed by atoms with E-state index in [0.717, 1.165) is 22.3 Å². The van der Waals surface area contributed by atoms with Crippen LogP contribution >= 0.6 is 0 Å². The predicted octanol–water partition coefficient (Wildman–Crippen LogP) is 3.87. The van der Waals surface area contributed by atoms with Gasteiger partial charge in [0.15, 0.2) is 11.4 Å². The van der Waals surface area contributed by atoms with Gasteiger partial charge in [-0.15, -0.1) is 0 Å². The molecule has 6 nitrogen and oxygen atoms in total. The van der Waals surface area contributed by atoms with Crippen LogP contribution in [0.1, 0.15) is 55.9 Å². The van der Waals surface area contributed by atoms with Crippen molar-refractivity contribution in [2.24, 2.45) is 5.41 Å². The Morgan fingerprint density at radius 1 is 1.07 bits per heavy atom. The van der Waals surface area contributed by atoms with E-state index in [9.17, 15) is 9.59 Å². The van der Waals surface area contributed by atoms with Gasteiger partial charge in [-0.1, -0.05) is 12.1 Å². The molecule has 1 fully saturated rings. The van der Waals surface area contributed by atoms with Crippen LogP contribution in [0.3, 0.4) is 0 Å². The number of ether oxygens (including phenoxy) is 2. The molecule has 1 saturated heterocycles. The Morgan fingerprint density at radius 2 is 1.66 bits per heavy atom. The molecule has 0 N–H and O–H groups in total. The van der Waals surface area contributed by atoms with E-state index in [1.807, 2.05) is 38.0 Å². The number of hydroxylamine groups is 2. The van der Waals surface area contributed by atoms with Crippen molar-refractivity contribution in [2.45, 2.75) is 60.0 Å². The molecule has 0 amide bonds. The highest BCUT2D eigenvalue weighted by molar-refractivity contribution is 6.20. The quantitative estimate of drug-likeness (QED) is 0.717. The van der Waals surface area contributed by atoms with Gasteiger partial charge in [-0.25, -0.2) is 4.79 Å². The van der Waals surface area contributed by atoms with Crippen molar-refractivity contribution in [1.29, 1.82) is 0 Å². The van der Waals surface area contributed by atoms with Gasteiger partial charge in [0.1, 0.15) is 5.57 Å². The molecule has 2 aliphatic heterocycles. The largest absolute Gasteiger partial charge is 0.447 e. The molecule has 0 bridgehead atoms. The van der Waals surface area contributed by atoms with Gasteiger partial charge in [0, 0.05) is 25.9 Å². The number of rotatable bonds is 3. The second-order valence-electron chi connectivity index (χ2n) is 9.09. The molecule has 29 heavy (non-hydrogen) atoms. The third-order valence-electron chi connectivity index (χ3n) is 5.84. The molecule has 158 valence electrons. The molecule has 2 aliphatic rings. The van der Waals surface area contributed by atoms with Crippen LogP contribution in [0.25, 0.3) is 5.57 Å². The fraction of sp³-hybridized carbons (Fsp3) is 0.565. The summed E-state index contributed by atoms with van der Waals surface area (Å²) in [4.78, 5) is 31.2. The molecule has 0 aromatic heterocycles. The van der Waals surface area contributed by atoms with E-state index in [-0.39, 0.29) is 5.97 Å². The summed E-state index contributed by atoms with van der Waals surface area (Å²) in [7, 11) is 1.62. The first-order chi connectivity index (χ1) is 13.5. The molecule has 1 aromatic carbocycles. The fourth-order valence-corrected chi connectivity index (χ4v) is 3.81. The average Bonchev–Trinajstić information content (AvgIpc) is 2.89. The Kier molecular flexibility index (Phi) is 5.62. The van der Waals surface area contributed by atoms with Crippen LogP contribution in [0.2, 0.25) is 0 Å². The minimum Gasteiger partial charge on any atom is -0.447 e. The number of carbonyl (C=O) groups is 2.